The zero-order valence-electron chi connectivity index (χ0n) is 13.2. The van der Waals surface area contributed by atoms with Crippen LogP contribution < -0.4 is 11.1 Å². The second-order valence-corrected chi connectivity index (χ2v) is 6.88. The van der Waals surface area contributed by atoms with Gasteiger partial charge in [-0.15, -0.1) is 0 Å². The van der Waals surface area contributed by atoms with Crippen LogP contribution in [-0.4, -0.2) is 53.7 Å². The van der Waals surface area contributed by atoms with E-state index in [9.17, 15) is 4.79 Å². The number of amides is 1. The largest absolute Gasteiger partial charge is 0.373 e. The van der Waals surface area contributed by atoms with Gasteiger partial charge in [-0.2, -0.15) is 0 Å². The molecule has 5 nitrogen and oxygen atoms in total. The number of nitrogens with zero attached hydrogens (tertiary/aromatic N) is 1. The average molecular weight is 283 g/mol. The molecule has 2 unspecified atom stereocenters. The lowest BCUT2D eigenvalue weighted by atomic mass is 9.91. The van der Waals surface area contributed by atoms with Crippen LogP contribution in [0.5, 0.6) is 0 Å². The molecule has 0 aromatic rings. The van der Waals surface area contributed by atoms with Crippen molar-refractivity contribution in [2.75, 3.05) is 13.1 Å². The molecule has 0 aromatic carbocycles. The van der Waals surface area contributed by atoms with Crippen molar-refractivity contribution in [3.05, 3.63) is 0 Å². The topological polar surface area (TPSA) is 67.6 Å². The van der Waals surface area contributed by atoms with E-state index >= 15 is 0 Å². The minimum atomic E-state index is -0.606. The molecule has 2 rings (SSSR count). The Labute approximate surface area is 122 Å². The Morgan fingerprint density at radius 3 is 2.40 bits per heavy atom. The molecule has 116 valence electrons. The molecule has 20 heavy (non-hydrogen) atoms. The highest BCUT2D eigenvalue weighted by atomic mass is 16.5. The summed E-state index contributed by atoms with van der Waals surface area (Å²) < 4.78 is 5.77. The molecule has 1 saturated carbocycles. The van der Waals surface area contributed by atoms with E-state index in [0.29, 0.717) is 12.1 Å². The highest BCUT2D eigenvalue weighted by Crippen LogP contribution is 2.26. The van der Waals surface area contributed by atoms with E-state index in [1.54, 1.807) is 0 Å². The van der Waals surface area contributed by atoms with Gasteiger partial charge in [0.05, 0.1) is 17.7 Å². The fraction of sp³-hybridized carbons (Fsp3) is 0.933. The number of nitrogens with one attached hydrogen (secondary N) is 1. The van der Waals surface area contributed by atoms with Crippen molar-refractivity contribution in [3.8, 4) is 0 Å². The van der Waals surface area contributed by atoms with E-state index in [-0.39, 0.29) is 18.1 Å². The van der Waals surface area contributed by atoms with Gasteiger partial charge in [0.25, 0.3) is 0 Å². The second-order valence-electron chi connectivity index (χ2n) is 6.88. The lowest BCUT2D eigenvalue weighted by Crippen LogP contribution is -2.58. The van der Waals surface area contributed by atoms with Gasteiger partial charge in [0.1, 0.15) is 0 Å². The van der Waals surface area contributed by atoms with Gasteiger partial charge < -0.3 is 15.8 Å². The maximum Gasteiger partial charge on any atom is 0.237 e. The Morgan fingerprint density at radius 2 is 1.95 bits per heavy atom. The van der Waals surface area contributed by atoms with Crippen LogP contribution in [-0.2, 0) is 9.53 Å². The number of rotatable bonds is 6. The first kappa shape index (κ1) is 15.7. The van der Waals surface area contributed by atoms with Gasteiger partial charge in [-0.05, 0) is 47.0 Å². The first-order chi connectivity index (χ1) is 9.30. The highest BCUT2D eigenvalue weighted by Gasteiger charge is 2.39. The fourth-order valence-corrected chi connectivity index (χ4v) is 3.21. The van der Waals surface area contributed by atoms with E-state index in [4.69, 9.17) is 10.5 Å². The number of ether oxygens (including phenoxy) is 1. The van der Waals surface area contributed by atoms with Crippen LogP contribution in [0, 0.1) is 0 Å². The molecular weight excluding hydrogens is 254 g/mol. The van der Waals surface area contributed by atoms with E-state index in [0.717, 1.165) is 32.4 Å². The first-order valence-corrected chi connectivity index (χ1v) is 7.77. The quantitative estimate of drug-likeness (QED) is 0.759. The minimum absolute atomic E-state index is 0.245. The van der Waals surface area contributed by atoms with Crippen LogP contribution in [0.25, 0.3) is 0 Å². The zero-order valence-corrected chi connectivity index (χ0v) is 13.2. The van der Waals surface area contributed by atoms with Crippen LogP contribution >= 0.6 is 0 Å². The van der Waals surface area contributed by atoms with Gasteiger partial charge >= 0.3 is 0 Å². The Kier molecular flexibility index (Phi) is 4.72. The Balaban J connectivity index is 1.96. The predicted octanol–water partition coefficient (Wildman–Crippen LogP) is 0.870. The lowest BCUT2D eigenvalue weighted by Gasteiger charge is -2.41. The SMILES string of the molecule is CC(CC(C)(NC1CC1)C(N)=O)N1C[C@@H](C)O[C@@H](C)C1. The summed E-state index contributed by atoms with van der Waals surface area (Å²) in [5.74, 6) is -0.245. The maximum absolute atomic E-state index is 11.8. The molecule has 2 aliphatic rings. The summed E-state index contributed by atoms with van der Waals surface area (Å²) in [4.78, 5) is 14.3. The molecule has 0 bridgehead atoms. The lowest BCUT2D eigenvalue weighted by molar-refractivity contribution is -0.125. The maximum atomic E-state index is 11.8. The first-order valence-electron chi connectivity index (χ1n) is 7.77. The van der Waals surface area contributed by atoms with Gasteiger partial charge in [0.2, 0.25) is 5.91 Å². The van der Waals surface area contributed by atoms with Crippen molar-refractivity contribution in [3.63, 3.8) is 0 Å². The molecule has 1 amide bonds. The summed E-state index contributed by atoms with van der Waals surface area (Å²) in [7, 11) is 0. The molecule has 0 aromatic heterocycles. The molecule has 1 aliphatic carbocycles. The number of primary amides is 1. The van der Waals surface area contributed by atoms with Gasteiger partial charge in [0.15, 0.2) is 0 Å². The van der Waals surface area contributed by atoms with Crippen LogP contribution in [0.4, 0.5) is 0 Å². The third kappa shape index (κ3) is 3.93. The van der Waals surface area contributed by atoms with Crippen molar-refractivity contribution in [2.45, 2.75) is 76.8 Å². The number of hydrogen-bond acceptors (Lipinski definition) is 4. The Hall–Kier alpha value is -0.650. The Bertz CT molecular complexity index is 349. The second kappa shape index (κ2) is 6.00. The molecule has 1 saturated heterocycles. The third-order valence-corrected chi connectivity index (χ3v) is 4.42. The van der Waals surface area contributed by atoms with Crippen molar-refractivity contribution in [1.29, 1.82) is 0 Å². The van der Waals surface area contributed by atoms with Crippen LogP contribution in [0.2, 0.25) is 0 Å². The van der Waals surface area contributed by atoms with E-state index in [1.807, 2.05) is 6.92 Å². The van der Waals surface area contributed by atoms with Crippen molar-refractivity contribution in [1.82, 2.24) is 10.2 Å². The summed E-state index contributed by atoms with van der Waals surface area (Å²) in [5, 5.41) is 3.43. The van der Waals surface area contributed by atoms with Crippen molar-refractivity contribution >= 4 is 5.91 Å². The van der Waals surface area contributed by atoms with Gasteiger partial charge in [-0.1, -0.05) is 0 Å². The van der Waals surface area contributed by atoms with Gasteiger partial charge in [0, 0.05) is 25.2 Å². The number of carbonyl (C=O) groups is 1. The van der Waals surface area contributed by atoms with E-state index in [1.165, 1.54) is 0 Å². The normalized spacial score (nSPS) is 32.6. The fourth-order valence-electron chi connectivity index (χ4n) is 3.21. The third-order valence-electron chi connectivity index (χ3n) is 4.42. The predicted molar refractivity (Wildman–Crippen MR) is 79.4 cm³/mol. The van der Waals surface area contributed by atoms with Crippen LogP contribution in [0.3, 0.4) is 0 Å². The summed E-state index contributed by atoms with van der Waals surface area (Å²) in [6, 6.07) is 0.787. The monoisotopic (exact) mass is 283 g/mol. The molecular formula is C15H29N3O2. The standard InChI is InChI=1S/C15H29N3O2/c1-10(18-8-11(2)20-12(3)9-18)7-15(4,14(16)19)17-13-5-6-13/h10-13,17H,5-9H2,1-4H3,(H2,16,19)/t10?,11-,12+,15?. The van der Waals surface area contributed by atoms with Crippen LogP contribution in [0.15, 0.2) is 0 Å². The molecule has 3 N–H and O–H groups in total. The summed E-state index contributed by atoms with van der Waals surface area (Å²) in [6.07, 6.45) is 3.55. The van der Waals surface area contributed by atoms with Crippen LogP contribution in [0.1, 0.15) is 47.0 Å². The average Bonchev–Trinajstić information content (AvgIpc) is 3.11. The van der Waals surface area contributed by atoms with E-state index < -0.39 is 5.54 Å². The molecule has 2 fully saturated rings. The number of carbonyl (C=O) groups excluding carboxylic acids is 1. The highest BCUT2D eigenvalue weighted by molar-refractivity contribution is 5.84. The molecule has 0 spiro atoms. The zero-order chi connectivity index (χ0) is 14.9. The molecule has 1 aliphatic heterocycles. The summed E-state index contributed by atoms with van der Waals surface area (Å²) >= 11 is 0. The number of hydrogen-bond donors (Lipinski definition) is 2. The minimum Gasteiger partial charge on any atom is -0.373 e. The summed E-state index contributed by atoms with van der Waals surface area (Å²) in [5.41, 5.74) is 5.03. The number of nitrogens with two attached hydrogens (primary N) is 1. The van der Waals surface area contributed by atoms with Gasteiger partial charge in [-0.3, -0.25) is 9.69 Å². The van der Waals surface area contributed by atoms with Crippen molar-refractivity contribution < 1.29 is 9.53 Å². The molecule has 4 atom stereocenters. The van der Waals surface area contributed by atoms with E-state index in [2.05, 4.69) is 31.0 Å². The Morgan fingerprint density at radius 1 is 1.40 bits per heavy atom. The van der Waals surface area contributed by atoms with Gasteiger partial charge in [-0.25, -0.2) is 0 Å². The number of morpholine rings is 1. The molecule has 0 radical (unpaired) electrons. The smallest absolute Gasteiger partial charge is 0.237 e. The molecule has 5 heteroatoms. The molecule has 1 heterocycles. The summed E-state index contributed by atoms with van der Waals surface area (Å²) in [6.45, 7) is 10.2. The van der Waals surface area contributed by atoms with Crippen molar-refractivity contribution in [2.24, 2.45) is 5.73 Å².